The monoisotopic (exact) mass is 356 g/mol. The zero-order valence-corrected chi connectivity index (χ0v) is 15.2. The highest BCUT2D eigenvalue weighted by molar-refractivity contribution is 7.10. The van der Waals surface area contributed by atoms with E-state index >= 15 is 0 Å². The molecular weight excluding hydrogens is 336 g/mol. The Balaban J connectivity index is 1.82. The first-order chi connectivity index (χ1) is 12.0. The minimum absolute atomic E-state index is 0.0740. The van der Waals surface area contributed by atoms with Gasteiger partial charge in [-0.3, -0.25) is 15.0 Å². The average Bonchev–Trinajstić information content (AvgIpc) is 3.17. The second-order valence-corrected chi connectivity index (χ2v) is 6.86. The molecule has 0 radical (unpaired) electrons. The van der Waals surface area contributed by atoms with E-state index in [9.17, 15) is 9.59 Å². The van der Waals surface area contributed by atoms with Crippen molar-refractivity contribution in [1.82, 2.24) is 10.3 Å². The summed E-state index contributed by atoms with van der Waals surface area (Å²) in [6.45, 7) is 3.66. The van der Waals surface area contributed by atoms with Crippen LogP contribution in [0.3, 0.4) is 0 Å². The molecule has 0 saturated carbocycles. The second kappa shape index (κ2) is 7.06. The van der Waals surface area contributed by atoms with Gasteiger partial charge in [-0.15, -0.1) is 11.3 Å². The van der Waals surface area contributed by atoms with Crippen LogP contribution in [0.25, 0.3) is 0 Å². The van der Waals surface area contributed by atoms with Crippen molar-refractivity contribution in [3.8, 4) is 0 Å². The van der Waals surface area contributed by atoms with E-state index in [2.05, 4.69) is 10.4 Å². The Morgan fingerprint density at radius 2 is 2.00 bits per heavy atom. The topological polar surface area (TPSA) is 65.0 Å². The molecule has 3 rings (SSSR count). The van der Waals surface area contributed by atoms with Crippen LogP contribution in [0.5, 0.6) is 0 Å². The van der Waals surface area contributed by atoms with Crippen LogP contribution in [0.2, 0.25) is 0 Å². The van der Waals surface area contributed by atoms with Crippen molar-refractivity contribution >= 4 is 34.7 Å². The highest BCUT2D eigenvalue weighted by atomic mass is 32.1. The Bertz CT molecular complexity index is 789. The number of carbonyl (C=O) groups excluding carboxylic acids is 2. The summed E-state index contributed by atoms with van der Waals surface area (Å²) in [4.78, 5) is 32.3. The lowest BCUT2D eigenvalue weighted by Gasteiger charge is -2.33. The smallest absolute Gasteiger partial charge is 0.290 e. The number of hydrazine groups is 1. The first-order valence-electron chi connectivity index (χ1n) is 8.03. The molecule has 0 saturated heterocycles. The zero-order chi connectivity index (χ0) is 18.0. The number of amidine groups is 1. The van der Waals surface area contributed by atoms with E-state index in [4.69, 9.17) is 0 Å². The molecule has 1 aliphatic heterocycles. The number of amides is 2. The summed E-state index contributed by atoms with van der Waals surface area (Å²) < 4.78 is 0. The van der Waals surface area contributed by atoms with Crippen molar-refractivity contribution in [2.24, 2.45) is 4.99 Å². The van der Waals surface area contributed by atoms with E-state index in [0.717, 1.165) is 4.88 Å². The van der Waals surface area contributed by atoms with Crippen molar-refractivity contribution in [3.05, 3.63) is 52.7 Å². The second-order valence-electron chi connectivity index (χ2n) is 5.88. The average molecular weight is 356 g/mol. The van der Waals surface area contributed by atoms with Crippen LogP contribution in [0.1, 0.15) is 24.8 Å². The van der Waals surface area contributed by atoms with E-state index in [1.807, 2.05) is 54.8 Å². The minimum Gasteiger partial charge on any atom is -0.331 e. The number of likely N-dealkylation sites (N-methyl/N-ethyl adjacent to an activating group) is 1. The van der Waals surface area contributed by atoms with Gasteiger partial charge in [-0.05, 0) is 37.4 Å². The first-order valence-corrected chi connectivity index (χ1v) is 8.91. The molecule has 25 heavy (non-hydrogen) atoms. The Morgan fingerprint density at radius 1 is 1.28 bits per heavy atom. The van der Waals surface area contributed by atoms with Gasteiger partial charge in [-0.2, -0.15) is 0 Å². The third-order valence-corrected chi connectivity index (χ3v) is 5.23. The molecule has 130 valence electrons. The number of anilines is 1. The van der Waals surface area contributed by atoms with Crippen LogP contribution < -0.4 is 10.4 Å². The quantitative estimate of drug-likeness (QED) is 0.916. The Kier molecular flexibility index (Phi) is 4.85. The molecule has 1 aromatic heterocycles. The van der Waals surface area contributed by atoms with E-state index in [0.29, 0.717) is 5.69 Å². The molecular formula is C18H20N4O2S. The third kappa shape index (κ3) is 3.41. The number of carbonyl (C=O) groups is 2. The van der Waals surface area contributed by atoms with Gasteiger partial charge in [0.05, 0.1) is 11.7 Å². The molecule has 1 N–H and O–H groups in total. The highest BCUT2D eigenvalue weighted by Gasteiger charge is 2.33. The molecule has 2 unspecified atom stereocenters. The van der Waals surface area contributed by atoms with Crippen molar-refractivity contribution < 1.29 is 9.59 Å². The van der Waals surface area contributed by atoms with E-state index in [-0.39, 0.29) is 23.7 Å². The number of nitrogens with zero attached hydrogens (tertiary/aromatic N) is 3. The summed E-state index contributed by atoms with van der Waals surface area (Å²) in [5.74, 6) is -0.278. The van der Waals surface area contributed by atoms with Crippen molar-refractivity contribution in [2.45, 2.75) is 25.9 Å². The maximum atomic E-state index is 12.9. The molecule has 2 atom stereocenters. The number of hydrogen-bond acceptors (Lipinski definition) is 5. The molecule has 7 heteroatoms. The Labute approximate surface area is 150 Å². The van der Waals surface area contributed by atoms with Crippen molar-refractivity contribution in [1.29, 1.82) is 0 Å². The van der Waals surface area contributed by atoms with Crippen LogP contribution >= 0.6 is 11.3 Å². The number of hydrogen-bond donors (Lipinski definition) is 1. The molecule has 2 heterocycles. The molecule has 1 aliphatic rings. The van der Waals surface area contributed by atoms with Gasteiger partial charge >= 0.3 is 0 Å². The normalized spacial score (nSPS) is 18.4. The minimum atomic E-state index is -0.620. The van der Waals surface area contributed by atoms with Gasteiger partial charge in [0.2, 0.25) is 5.84 Å². The number of benzene rings is 1. The van der Waals surface area contributed by atoms with Crippen molar-refractivity contribution in [3.63, 3.8) is 0 Å². The molecule has 0 spiro atoms. The van der Waals surface area contributed by atoms with E-state index < -0.39 is 6.04 Å². The van der Waals surface area contributed by atoms with Gasteiger partial charge < -0.3 is 4.90 Å². The lowest BCUT2D eigenvalue weighted by Crippen LogP contribution is -2.58. The van der Waals surface area contributed by atoms with Gasteiger partial charge in [-0.25, -0.2) is 10.0 Å². The van der Waals surface area contributed by atoms with Crippen LogP contribution in [0.15, 0.2) is 52.8 Å². The largest absolute Gasteiger partial charge is 0.331 e. The summed E-state index contributed by atoms with van der Waals surface area (Å²) in [5.41, 5.74) is 3.55. The molecule has 0 bridgehead atoms. The number of para-hydroxylation sites is 1. The summed E-state index contributed by atoms with van der Waals surface area (Å²) in [5, 5.41) is 3.37. The molecule has 2 amide bonds. The fourth-order valence-electron chi connectivity index (χ4n) is 2.56. The Morgan fingerprint density at radius 3 is 2.64 bits per heavy atom. The summed E-state index contributed by atoms with van der Waals surface area (Å²) in [6, 6.07) is 12.4. The molecule has 2 aromatic rings. The maximum Gasteiger partial charge on any atom is 0.290 e. The molecule has 1 aromatic carbocycles. The lowest BCUT2D eigenvalue weighted by atomic mass is 10.2. The molecule has 0 aliphatic carbocycles. The van der Waals surface area contributed by atoms with Crippen molar-refractivity contribution in [2.75, 3.05) is 12.1 Å². The number of rotatable bonds is 4. The van der Waals surface area contributed by atoms with Gasteiger partial charge in [0.1, 0.15) is 6.04 Å². The number of aliphatic imine (C=N–C) groups is 1. The standard InChI is InChI=1S/C18H20N4O2S/c1-12-17(23)22(14-8-5-4-6-9-14)20-16(19-12)18(24)21(3)13(2)15-10-7-11-25-15/h4-13H,1-3H3,(H,19,20). The SMILES string of the molecule is CC1N=C(C(=O)N(C)C(C)c2cccs2)NN(c2ccccc2)C1=O. The predicted octanol–water partition coefficient (Wildman–Crippen LogP) is 2.61. The molecule has 6 nitrogen and oxygen atoms in total. The summed E-state index contributed by atoms with van der Waals surface area (Å²) in [6.07, 6.45) is 0. The van der Waals surface area contributed by atoms with E-state index in [1.165, 1.54) is 5.01 Å². The Hall–Kier alpha value is -2.67. The molecule has 0 fully saturated rings. The lowest BCUT2D eigenvalue weighted by molar-refractivity contribution is -0.125. The van der Waals surface area contributed by atoms with Crippen LogP contribution in [0.4, 0.5) is 5.69 Å². The zero-order valence-electron chi connectivity index (χ0n) is 14.3. The summed E-state index contributed by atoms with van der Waals surface area (Å²) >= 11 is 1.60. The van der Waals surface area contributed by atoms with Crippen LogP contribution in [-0.4, -0.2) is 35.6 Å². The number of nitrogens with one attached hydrogen (secondary N) is 1. The van der Waals surface area contributed by atoms with E-state index in [1.54, 1.807) is 30.2 Å². The van der Waals surface area contributed by atoms with Gasteiger partial charge in [-0.1, -0.05) is 24.3 Å². The van der Waals surface area contributed by atoms with Gasteiger partial charge in [0, 0.05) is 11.9 Å². The van der Waals surface area contributed by atoms with Gasteiger partial charge in [0.15, 0.2) is 0 Å². The highest BCUT2D eigenvalue weighted by Crippen LogP contribution is 2.24. The first kappa shape index (κ1) is 17.2. The third-order valence-electron chi connectivity index (χ3n) is 4.19. The summed E-state index contributed by atoms with van der Waals surface area (Å²) in [7, 11) is 1.74. The van der Waals surface area contributed by atoms with Crippen LogP contribution in [-0.2, 0) is 9.59 Å². The predicted molar refractivity (Wildman–Crippen MR) is 99.5 cm³/mol. The van der Waals surface area contributed by atoms with Crippen LogP contribution in [0, 0.1) is 0 Å². The number of thiophene rings is 1. The fourth-order valence-corrected chi connectivity index (χ4v) is 3.39. The maximum absolute atomic E-state index is 12.9. The fraction of sp³-hybridized carbons (Fsp3) is 0.278. The van der Waals surface area contributed by atoms with Gasteiger partial charge in [0.25, 0.3) is 11.8 Å².